The standard InChI is InChI=1S/C10H20O/c1-9-4-3-6-11-7-5-10(2)8-9/h9-10H,3-8H2,1-2H3. The Balaban J connectivity index is 2.27. The molecule has 0 spiro atoms. The van der Waals surface area contributed by atoms with Gasteiger partial charge in [0.2, 0.25) is 0 Å². The molecule has 66 valence electrons. The normalized spacial score (nSPS) is 35.5. The van der Waals surface area contributed by atoms with Crippen LogP contribution in [0.2, 0.25) is 0 Å². The predicted molar refractivity (Wildman–Crippen MR) is 47.6 cm³/mol. The van der Waals surface area contributed by atoms with Crippen LogP contribution >= 0.6 is 0 Å². The van der Waals surface area contributed by atoms with Gasteiger partial charge in [-0.25, -0.2) is 0 Å². The van der Waals surface area contributed by atoms with Gasteiger partial charge in [0.15, 0.2) is 0 Å². The van der Waals surface area contributed by atoms with Crippen molar-refractivity contribution in [3.63, 3.8) is 0 Å². The maximum Gasteiger partial charge on any atom is 0.0468 e. The van der Waals surface area contributed by atoms with Crippen LogP contribution in [0.3, 0.4) is 0 Å². The largest absolute Gasteiger partial charge is 0.381 e. The molecule has 0 aromatic carbocycles. The van der Waals surface area contributed by atoms with Crippen molar-refractivity contribution >= 4 is 0 Å². The third-order valence-corrected chi connectivity index (χ3v) is 2.55. The molecule has 1 nitrogen and oxygen atoms in total. The first-order chi connectivity index (χ1) is 5.29. The Hall–Kier alpha value is -0.0400. The van der Waals surface area contributed by atoms with Crippen molar-refractivity contribution in [1.29, 1.82) is 0 Å². The first-order valence-corrected chi connectivity index (χ1v) is 4.87. The third kappa shape index (κ3) is 3.76. The molecule has 2 atom stereocenters. The lowest BCUT2D eigenvalue weighted by molar-refractivity contribution is 0.124. The zero-order chi connectivity index (χ0) is 8.10. The highest BCUT2D eigenvalue weighted by atomic mass is 16.5. The molecule has 1 saturated heterocycles. The molecule has 1 fully saturated rings. The fourth-order valence-electron chi connectivity index (χ4n) is 1.84. The molecule has 0 aliphatic carbocycles. The Labute approximate surface area is 70.1 Å². The van der Waals surface area contributed by atoms with Crippen LogP contribution in [0.15, 0.2) is 0 Å². The second kappa shape index (κ2) is 4.76. The second-order valence-corrected chi connectivity index (χ2v) is 3.99. The molecule has 1 aliphatic rings. The summed E-state index contributed by atoms with van der Waals surface area (Å²) in [6.45, 7) is 6.66. The van der Waals surface area contributed by atoms with Crippen LogP contribution in [0, 0.1) is 11.8 Å². The van der Waals surface area contributed by atoms with Crippen molar-refractivity contribution in [2.45, 2.75) is 39.5 Å². The van der Waals surface area contributed by atoms with E-state index in [0.29, 0.717) is 0 Å². The van der Waals surface area contributed by atoms with Crippen LogP contribution in [0.1, 0.15) is 39.5 Å². The van der Waals surface area contributed by atoms with Gasteiger partial charge in [-0.15, -0.1) is 0 Å². The van der Waals surface area contributed by atoms with Crippen molar-refractivity contribution in [1.82, 2.24) is 0 Å². The maximum atomic E-state index is 5.47. The monoisotopic (exact) mass is 156 g/mol. The lowest BCUT2D eigenvalue weighted by atomic mass is 9.92. The predicted octanol–water partition coefficient (Wildman–Crippen LogP) is 2.85. The smallest absolute Gasteiger partial charge is 0.0468 e. The quantitative estimate of drug-likeness (QED) is 0.524. The van der Waals surface area contributed by atoms with Gasteiger partial charge in [-0.3, -0.25) is 0 Å². The van der Waals surface area contributed by atoms with Gasteiger partial charge in [0.25, 0.3) is 0 Å². The van der Waals surface area contributed by atoms with E-state index in [0.717, 1.165) is 25.0 Å². The maximum absolute atomic E-state index is 5.47. The first-order valence-electron chi connectivity index (χ1n) is 4.87. The summed E-state index contributed by atoms with van der Waals surface area (Å²) in [5, 5.41) is 0. The van der Waals surface area contributed by atoms with Crippen LogP contribution in [-0.4, -0.2) is 13.2 Å². The molecule has 0 aromatic rings. The second-order valence-electron chi connectivity index (χ2n) is 3.99. The Morgan fingerprint density at radius 2 is 1.73 bits per heavy atom. The van der Waals surface area contributed by atoms with Gasteiger partial charge in [-0.1, -0.05) is 13.8 Å². The summed E-state index contributed by atoms with van der Waals surface area (Å²) in [5.41, 5.74) is 0. The van der Waals surface area contributed by atoms with E-state index in [9.17, 15) is 0 Å². The average molecular weight is 156 g/mol. The van der Waals surface area contributed by atoms with Crippen LogP contribution in [0.4, 0.5) is 0 Å². The van der Waals surface area contributed by atoms with Gasteiger partial charge < -0.3 is 4.74 Å². The fourth-order valence-corrected chi connectivity index (χ4v) is 1.84. The molecule has 0 saturated carbocycles. The number of rotatable bonds is 0. The minimum absolute atomic E-state index is 0.864. The molecule has 1 heteroatoms. The molecular formula is C10H20O. The lowest BCUT2D eigenvalue weighted by Crippen LogP contribution is -2.03. The van der Waals surface area contributed by atoms with E-state index >= 15 is 0 Å². The summed E-state index contributed by atoms with van der Waals surface area (Å²) in [6.07, 6.45) is 5.26. The Bertz CT molecular complexity index is 89.0. The van der Waals surface area contributed by atoms with Gasteiger partial charge in [0, 0.05) is 13.2 Å². The molecular weight excluding hydrogens is 136 g/mol. The van der Waals surface area contributed by atoms with Gasteiger partial charge in [-0.05, 0) is 37.5 Å². The summed E-state index contributed by atoms with van der Waals surface area (Å²) in [7, 11) is 0. The summed E-state index contributed by atoms with van der Waals surface area (Å²) in [4.78, 5) is 0. The minimum atomic E-state index is 0.864. The van der Waals surface area contributed by atoms with Crippen molar-refractivity contribution in [3.8, 4) is 0 Å². The van der Waals surface area contributed by atoms with Crippen molar-refractivity contribution in [2.75, 3.05) is 13.2 Å². The molecule has 11 heavy (non-hydrogen) atoms. The first kappa shape index (κ1) is 9.05. The average Bonchev–Trinajstić information content (AvgIpc) is 2.02. The molecule has 0 bridgehead atoms. The summed E-state index contributed by atoms with van der Waals surface area (Å²) in [6, 6.07) is 0. The highest BCUT2D eigenvalue weighted by Gasteiger charge is 2.10. The van der Waals surface area contributed by atoms with E-state index in [4.69, 9.17) is 4.74 Å². The van der Waals surface area contributed by atoms with Gasteiger partial charge in [0.05, 0.1) is 0 Å². The highest BCUT2D eigenvalue weighted by Crippen LogP contribution is 2.20. The molecule has 0 radical (unpaired) electrons. The van der Waals surface area contributed by atoms with Gasteiger partial charge >= 0.3 is 0 Å². The van der Waals surface area contributed by atoms with Gasteiger partial charge in [0.1, 0.15) is 0 Å². The van der Waals surface area contributed by atoms with Crippen LogP contribution < -0.4 is 0 Å². The van der Waals surface area contributed by atoms with Crippen molar-refractivity contribution in [2.24, 2.45) is 11.8 Å². The van der Waals surface area contributed by atoms with E-state index in [1.807, 2.05) is 0 Å². The van der Waals surface area contributed by atoms with Crippen LogP contribution in [0.25, 0.3) is 0 Å². The van der Waals surface area contributed by atoms with E-state index in [1.54, 1.807) is 0 Å². The number of hydrogen-bond donors (Lipinski definition) is 0. The van der Waals surface area contributed by atoms with E-state index in [2.05, 4.69) is 13.8 Å². The van der Waals surface area contributed by atoms with Crippen LogP contribution in [-0.2, 0) is 4.74 Å². The fraction of sp³-hybridized carbons (Fsp3) is 1.00. The Morgan fingerprint density at radius 1 is 1.00 bits per heavy atom. The number of hydrogen-bond acceptors (Lipinski definition) is 1. The van der Waals surface area contributed by atoms with E-state index in [1.165, 1.54) is 25.7 Å². The molecule has 0 amide bonds. The molecule has 0 N–H and O–H groups in total. The zero-order valence-electron chi connectivity index (χ0n) is 7.81. The lowest BCUT2D eigenvalue weighted by Gasteiger charge is -2.13. The van der Waals surface area contributed by atoms with Crippen LogP contribution in [0.5, 0.6) is 0 Å². The minimum Gasteiger partial charge on any atom is -0.381 e. The number of ether oxygens (including phenoxy) is 1. The molecule has 1 aliphatic heterocycles. The Morgan fingerprint density at radius 3 is 2.55 bits per heavy atom. The molecule has 0 aromatic heterocycles. The summed E-state index contributed by atoms with van der Waals surface area (Å²) < 4.78 is 5.47. The summed E-state index contributed by atoms with van der Waals surface area (Å²) in [5.74, 6) is 1.77. The SMILES string of the molecule is CC1CCCOCCC(C)C1. The van der Waals surface area contributed by atoms with E-state index in [-0.39, 0.29) is 0 Å². The van der Waals surface area contributed by atoms with E-state index < -0.39 is 0 Å². The molecule has 1 heterocycles. The zero-order valence-corrected chi connectivity index (χ0v) is 7.81. The highest BCUT2D eigenvalue weighted by molar-refractivity contribution is 4.61. The third-order valence-electron chi connectivity index (χ3n) is 2.55. The van der Waals surface area contributed by atoms with Gasteiger partial charge in [-0.2, -0.15) is 0 Å². The summed E-state index contributed by atoms with van der Waals surface area (Å²) >= 11 is 0. The van der Waals surface area contributed by atoms with Crippen molar-refractivity contribution < 1.29 is 4.74 Å². The molecule has 2 unspecified atom stereocenters. The Kier molecular flexibility index (Phi) is 3.92. The molecule has 1 rings (SSSR count). The topological polar surface area (TPSA) is 9.23 Å². The van der Waals surface area contributed by atoms with Crippen molar-refractivity contribution in [3.05, 3.63) is 0 Å².